The molecule has 1 aliphatic rings. The van der Waals surface area contributed by atoms with Gasteiger partial charge in [-0.15, -0.1) is 6.42 Å². The van der Waals surface area contributed by atoms with Crippen molar-refractivity contribution in [3.8, 4) is 18.1 Å². The number of carbonyl (C=O) groups is 3. The Morgan fingerprint density at radius 2 is 1.86 bits per heavy atom. The number of benzene rings is 2. The highest BCUT2D eigenvalue weighted by atomic mass is 35.5. The number of carbonyl (C=O) groups excluding carboxylic acids is 3. The highest BCUT2D eigenvalue weighted by Gasteiger charge is 2.25. The molecule has 216 valence electrons. The first kappa shape index (κ1) is 30.1. The number of aliphatic imine (C=N–C) groups is 1. The van der Waals surface area contributed by atoms with E-state index in [1.54, 1.807) is 49.7 Å². The highest BCUT2D eigenvalue weighted by Crippen LogP contribution is 2.33. The Hall–Kier alpha value is -4.88. The van der Waals surface area contributed by atoms with E-state index in [9.17, 15) is 14.4 Å². The van der Waals surface area contributed by atoms with Gasteiger partial charge >= 0.3 is 5.97 Å². The largest absolute Gasteiger partial charge is 0.494 e. The zero-order valence-corrected chi connectivity index (χ0v) is 24.0. The number of halogens is 1. The van der Waals surface area contributed by atoms with Crippen molar-refractivity contribution < 1.29 is 23.9 Å². The van der Waals surface area contributed by atoms with Gasteiger partial charge in [-0.1, -0.05) is 17.5 Å². The molecule has 1 aliphatic heterocycles. The van der Waals surface area contributed by atoms with Gasteiger partial charge < -0.3 is 25.0 Å². The number of methoxy groups -OCH3 is 1. The molecule has 0 radical (unpaired) electrons. The van der Waals surface area contributed by atoms with E-state index >= 15 is 0 Å². The summed E-state index contributed by atoms with van der Waals surface area (Å²) in [6, 6.07) is 12.8. The molecule has 0 atom stereocenters. The molecule has 2 heterocycles. The first-order valence-corrected chi connectivity index (χ1v) is 13.7. The van der Waals surface area contributed by atoms with Gasteiger partial charge in [-0.3, -0.25) is 14.4 Å². The number of pyridine rings is 1. The molecule has 0 aliphatic carbocycles. The number of esters is 1. The Labute approximate surface area is 249 Å². The van der Waals surface area contributed by atoms with Crippen LogP contribution < -0.4 is 15.4 Å². The summed E-state index contributed by atoms with van der Waals surface area (Å²) in [6.45, 7) is 3.61. The minimum atomic E-state index is -0.553. The summed E-state index contributed by atoms with van der Waals surface area (Å²) < 4.78 is 10.5. The van der Waals surface area contributed by atoms with E-state index < -0.39 is 11.8 Å². The number of rotatable bonds is 9. The number of amides is 2. The van der Waals surface area contributed by atoms with Crippen LogP contribution in [-0.4, -0.2) is 60.8 Å². The zero-order valence-electron chi connectivity index (χ0n) is 23.2. The van der Waals surface area contributed by atoms with Gasteiger partial charge in [0.05, 0.1) is 42.9 Å². The maximum atomic E-state index is 13.2. The molecule has 1 saturated heterocycles. The number of likely N-dealkylation sites (tertiary alicyclic amines) is 1. The minimum Gasteiger partial charge on any atom is -0.494 e. The number of hydrogen-bond donors (Lipinski definition) is 2. The smallest absolute Gasteiger partial charge is 0.309 e. The molecule has 0 unspecified atom stereocenters. The third-order valence-corrected chi connectivity index (χ3v) is 6.81. The summed E-state index contributed by atoms with van der Waals surface area (Å²) in [4.78, 5) is 48.9. The molecule has 0 spiro atoms. The number of terminal acetylenes is 1. The predicted octanol–water partition coefficient (Wildman–Crippen LogP) is 5.16. The molecule has 2 amide bonds. The van der Waals surface area contributed by atoms with Crippen molar-refractivity contribution in [2.75, 3.05) is 37.4 Å². The fourth-order valence-electron chi connectivity index (χ4n) is 4.33. The summed E-state index contributed by atoms with van der Waals surface area (Å²) in [5.41, 5.74) is 1.81. The first-order valence-electron chi connectivity index (χ1n) is 13.3. The van der Waals surface area contributed by atoms with Crippen molar-refractivity contribution in [2.45, 2.75) is 19.8 Å². The van der Waals surface area contributed by atoms with Crippen molar-refractivity contribution in [2.24, 2.45) is 10.9 Å². The van der Waals surface area contributed by atoms with Crippen LogP contribution in [0.1, 0.15) is 46.0 Å². The summed E-state index contributed by atoms with van der Waals surface area (Å²) in [5.74, 6) is 1.72. The molecule has 0 saturated carbocycles. The molecule has 2 aromatic carbocycles. The molecule has 2 N–H and O–H groups in total. The fourth-order valence-corrected chi connectivity index (χ4v) is 4.54. The molecule has 1 fully saturated rings. The van der Waals surface area contributed by atoms with Crippen molar-refractivity contribution in [3.05, 3.63) is 76.4 Å². The maximum absolute atomic E-state index is 13.2. The normalized spacial score (nSPS) is 13.3. The van der Waals surface area contributed by atoms with Gasteiger partial charge in [-0.25, -0.2) is 9.98 Å². The molecule has 0 bridgehead atoms. The van der Waals surface area contributed by atoms with Crippen LogP contribution >= 0.6 is 11.6 Å². The third kappa shape index (κ3) is 7.65. The molecule has 3 aromatic rings. The quantitative estimate of drug-likeness (QED) is 0.153. The lowest BCUT2D eigenvalue weighted by atomic mass is 9.97. The van der Waals surface area contributed by atoms with Gasteiger partial charge in [0.2, 0.25) is 0 Å². The average Bonchev–Trinajstić information content (AvgIpc) is 3.01. The lowest BCUT2D eigenvalue weighted by molar-refractivity contribution is -0.149. The van der Waals surface area contributed by atoms with E-state index in [0.717, 1.165) is 0 Å². The minimum absolute atomic E-state index is 0.0738. The van der Waals surface area contributed by atoms with Crippen molar-refractivity contribution in [1.29, 1.82) is 0 Å². The number of piperidine rings is 1. The van der Waals surface area contributed by atoms with E-state index in [1.165, 1.54) is 25.4 Å². The second-order valence-electron chi connectivity index (χ2n) is 9.37. The van der Waals surface area contributed by atoms with Crippen LogP contribution in [0.5, 0.6) is 5.75 Å². The summed E-state index contributed by atoms with van der Waals surface area (Å²) in [5, 5.41) is 5.69. The van der Waals surface area contributed by atoms with Crippen LogP contribution in [0.3, 0.4) is 0 Å². The highest BCUT2D eigenvalue weighted by molar-refractivity contribution is 6.31. The molecule has 11 heteroatoms. The lowest BCUT2D eigenvalue weighted by Crippen LogP contribution is -2.36. The monoisotopic (exact) mass is 587 g/mol. The molecular formula is C31H30ClN5O5. The van der Waals surface area contributed by atoms with E-state index in [-0.39, 0.29) is 39.7 Å². The van der Waals surface area contributed by atoms with Crippen molar-refractivity contribution in [1.82, 2.24) is 9.88 Å². The molecular weight excluding hydrogens is 558 g/mol. The maximum Gasteiger partial charge on any atom is 0.309 e. The van der Waals surface area contributed by atoms with Crippen molar-refractivity contribution in [3.63, 3.8) is 0 Å². The third-order valence-electron chi connectivity index (χ3n) is 6.59. The Morgan fingerprint density at radius 1 is 1.12 bits per heavy atom. The zero-order chi connectivity index (χ0) is 30.1. The number of aromatic nitrogens is 1. The molecule has 1 aromatic heterocycles. The number of hydrogen-bond acceptors (Lipinski definition) is 7. The van der Waals surface area contributed by atoms with Gasteiger partial charge in [0.1, 0.15) is 11.6 Å². The van der Waals surface area contributed by atoms with Crippen LogP contribution in [0, 0.1) is 18.3 Å². The van der Waals surface area contributed by atoms with Crippen LogP contribution in [0.15, 0.2) is 59.7 Å². The van der Waals surface area contributed by atoms with Crippen LogP contribution in [0.2, 0.25) is 5.02 Å². The number of ether oxygens (including phenoxy) is 2. The lowest BCUT2D eigenvalue weighted by Gasteiger charge is -2.29. The van der Waals surface area contributed by atoms with Gasteiger partial charge in [-0.05, 0) is 62.2 Å². The van der Waals surface area contributed by atoms with E-state index in [1.807, 2.05) is 0 Å². The second kappa shape index (κ2) is 14.1. The summed E-state index contributed by atoms with van der Waals surface area (Å²) in [7, 11) is 1.41. The van der Waals surface area contributed by atoms with Crippen LogP contribution in [0.4, 0.5) is 17.2 Å². The number of nitrogens with zero attached hydrogens (tertiary/aromatic N) is 3. The average molecular weight is 588 g/mol. The van der Waals surface area contributed by atoms with Crippen LogP contribution in [0.25, 0.3) is 0 Å². The summed E-state index contributed by atoms with van der Waals surface area (Å²) >= 11 is 6.23. The first-order chi connectivity index (χ1) is 20.3. The Bertz CT molecular complexity index is 1510. The second-order valence-corrected chi connectivity index (χ2v) is 9.81. The van der Waals surface area contributed by atoms with Gasteiger partial charge in [0.25, 0.3) is 11.8 Å². The standard InChI is InChI=1S/C31H30ClN5O5/c1-4-20-6-11-27(33-18-20)35-30(39)25-16-23(32)17-26(41-3)28(25)36-29(38)21-7-9-24(10-8-21)34-19-37-14-12-22(13-15-37)31(40)42-5-2/h1,6-11,16-19,22H,5,12-15H2,2-3H3,(H,36,38)(H,33,35,39). The summed E-state index contributed by atoms with van der Waals surface area (Å²) in [6.07, 6.45) is 9.99. The SMILES string of the molecule is C#Cc1ccc(NC(=O)c2cc(Cl)cc(OC)c2NC(=O)c2ccc(N=CN3CCC(C(=O)OCC)CC3)cc2)nc1. The van der Waals surface area contributed by atoms with E-state index in [0.29, 0.717) is 49.4 Å². The molecule has 10 nitrogen and oxygen atoms in total. The topological polar surface area (TPSA) is 122 Å². The molecule has 42 heavy (non-hydrogen) atoms. The fraction of sp³-hybridized carbons (Fsp3) is 0.258. The van der Waals surface area contributed by atoms with Gasteiger partial charge in [-0.2, -0.15) is 0 Å². The van der Waals surface area contributed by atoms with Gasteiger partial charge in [0, 0.05) is 41.5 Å². The predicted molar refractivity (Wildman–Crippen MR) is 162 cm³/mol. The van der Waals surface area contributed by atoms with E-state index in [2.05, 4.69) is 31.4 Å². The number of anilines is 2. The Morgan fingerprint density at radius 3 is 2.48 bits per heavy atom. The van der Waals surface area contributed by atoms with Crippen LogP contribution in [-0.2, 0) is 9.53 Å². The van der Waals surface area contributed by atoms with E-state index in [4.69, 9.17) is 27.5 Å². The van der Waals surface area contributed by atoms with Crippen molar-refractivity contribution >= 4 is 52.9 Å². The van der Waals surface area contributed by atoms with Gasteiger partial charge in [0.15, 0.2) is 0 Å². The Kier molecular flexibility index (Phi) is 10.1. The molecule has 4 rings (SSSR count). The Balaban J connectivity index is 1.43. The number of nitrogens with one attached hydrogen (secondary N) is 2.